The van der Waals surface area contributed by atoms with Gasteiger partial charge in [0.25, 0.3) is 5.91 Å². The normalized spacial score (nSPS) is 13.8. The Hall–Kier alpha value is -2.34. The summed E-state index contributed by atoms with van der Waals surface area (Å²) in [5.74, 6) is -1.56. The Bertz CT molecular complexity index is 706. The van der Waals surface area contributed by atoms with E-state index in [0.29, 0.717) is 11.1 Å². The highest BCUT2D eigenvalue weighted by molar-refractivity contribution is 6.01. The topological polar surface area (TPSA) is 88.8 Å². The van der Waals surface area contributed by atoms with Crippen LogP contribution in [0.1, 0.15) is 36.4 Å². The smallest absolute Gasteiger partial charge is 0.329 e. The molecule has 0 saturated carbocycles. The maximum absolute atomic E-state index is 12.5. The summed E-state index contributed by atoms with van der Waals surface area (Å²) in [6.07, 6.45) is 0.258. The summed E-state index contributed by atoms with van der Waals surface area (Å²) in [4.78, 5) is 23.8. The predicted molar refractivity (Wildman–Crippen MR) is 80.7 cm³/mol. The number of para-hydroxylation sites is 1. The Labute approximate surface area is 128 Å². The summed E-state index contributed by atoms with van der Waals surface area (Å²) in [5, 5.41) is 12.6. The van der Waals surface area contributed by atoms with Crippen molar-refractivity contribution in [3.8, 4) is 0 Å². The average Bonchev–Trinajstić information content (AvgIpc) is 2.86. The van der Waals surface area contributed by atoms with E-state index in [2.05, 4.69) is 5.32 Å². The Morgan fingerprint density at radius 1 is 1.36 bits per heavy atom. The number of fused-ring (bicyclic) bond motifs is 1. The van der Waals surface area contributed by atoms with Gasteiger partial charge in [-0.25, -0.2) is 4.79 Å². The lowest BCUT2D eigenvalue weighted by molar-refractivity contribution is -0.143. The number of hydrogen-bond acceptors (Lipinski definition) is 4. The van der Waals surface area contributed by atoms with E-state index >= 15 is 0 Å². The zero-order chi connectivity index (χ0) is 16.3. The molecule has 0 spiro atoms. The number of carboxylic acids is 1. The molecular weight excluding hydrogens is 286 g/mol. The van der Waals surface area contributed by atoms with Gasteiger partial charge in [0.15, 0.2) is 5.76 Å². The van der Waals surface area contributed by atoms with Gasteiger partial charge in [-0.1, -0.05) is 25.1 Å². The minimum atomic E-state index is -1.35. The number of hydrogen-bond donors (Lipinski definition) is 2. The predicted octanol–water partition coefficient (Wildman–Crippen LogP) is 2.56. The minimum absolute atomic E-state index is 0.0870. The van der Waals surface area contributed by atoms with Gasteiger partial charge in [-0.05, 0) is 19.4 Å². The standard InChI is InChI=1S/C16H19NO5/c1-4-16(2,15(19)20)17-14(18)13-11(9-21-3)10-7-5-6-8-12(10)22-13/h5-8H,4,9H2,1-3H3,(H,17,18)(H,19,20). The maximum atomic E-state index is 12.5. The molecule has 1 aromatic carbocycles. The minimum Gasteiger partial charge on any atom is -0.480 e. The average molecular weight is 305 g/mol. The van der Waals surface area contributed by atoms with Crippen LogP contribution in [-0.4, -0.2) is 29.6 Å². The van der Waals surface area contributed by atoms with Crippen molar-refractivity contribution in [1.82, 2.24) is 5.32 Å². The highest BCUT2D eigenvalue weighted by Gasteiger charge is 2.35. The first-order valence-corrected chi connectivity index (χ1v) is 6.98. The molecule has 22 heavy (non-hydrogen) atoms. The fraction of sp³-hybridized carbons (Fsp3) is 0.375. The largest absolute Gasteiger partial charge is 0.480 e. The molecule has 2 aromatic rings. The molecule has 0 bridgehead atoms. The summed E-state index contributed by atoms with van der Waals surface area (Å²) >= 11 is 0. The number of ether oxygens (including phenoxy) is 1. The van der Waals surface area contributed by atoms with E-state index in [1.807, 2.05) is 12.1 Å². The van der Waals surface area contributed by atoms with Crippen molar-refractivity contribution in [3.63, 3.8) is 0 Å². The van der Waals surface area contributed by atoms with Gasteiger partial charge in [0.2, 0.25) is 0 Å². The number of carbonyl (C=O) groups is 2. The number of furan rings is 1. The monoisotopic (exact) mass is 305 g/mol. The molecule has 0 saturated heterocycles. The summed E-state index contributed by atoms with van der Waals surface area (Å²) in [7, 11) is 1.52. The molecule has 0 radical (unpaired) electrons. The zero-order valence-corrected chi connectivity index (χ0v) is 12.8. The third kappa shape index (κ3) is 2.82. The number of methoxy groups -OCH3 is 1. The highest BCUT2D eigenvalue weighted by atomic mass is 16.5. The Morgan fingerprint density at radius 2 is 2.05 bits per heavy atom. The molecule has 1 atom stereocenters. The summed E-state index contributed by atoms with van der Waals surface area (Å²) in [6, 6.07) is 7.23. The van der Waals surface area contributed by atoms with Crippen LogP contribution in [0, 0.1) is 0 Å². The van der Waals surface area contributed by atoms with Crippen LogP contribution in [0.3, 0.4) is 0 Å². The van der Waals surface area contributed by atoms with E-state index in [1.165, 1.54) is 14.0 Å². The number of amides is 1. The van der Waals surface area contributed by atoms with Crippen LogP contribution in [0.4, 0.5) is 0 Å². The molecule has 0 fully saturated rings. The number of carbonyl (C=O) groups excluding carboxylic acids is 1. The van der Waals surface area contributed by atoms with Gasteiger partial charge >= 0.3 is 5.97 Å². The van der Waals surface area contributed by atoms with Crippen LogP contribution in [0.2, 0.25) is 0 Å². The van der Waals surface area contributed by atoms with Crippen LogP contribution >= 0.6 is 0 Å². The molecule has 2 N–H and O–H groups in total. The van der Waals surface area contributed by atoms with Crippen molar-refractivity contribution in [2.45, 2.75) is 32.4 Å². The van der Waals surface area contributed by atoms with Gasteiger partial charge in [0.1, 0.15) is 11.1 Å². The van der Waals surface area contributed by atoms with Crippen LogP contribution in [-0.2, 0) is 16.1 Å². The zero-order valence-electron chi connectivity index (χ0n) is 12.8. The lowest BCUT2D eigenvalue weighted by atomic mass is 9.99. The van der Waals surface area contributed by atoms with Gasteiger partial charge in [0, 0.05) is 18.1 Å². The summed E-state index contributed by atoms with van der Waals surface area (Å²) in [6.45, 7) is 3.37. The maximum Gasteiger partial charge on any atom is 0.329 e. The molecular formula is C16H19NO5. The van der Waals surface area contributed by atoms with Gasteiger partial charge in [-0.3, -0.25) is 4.79 Å². The quantitative estimate of drug-likeness (QED) is 0.856. The number of carboxylic acid groups (broad SMARTS) is 1. The van der Waals surface area contributed by atoms with Crippen LogP contribution < -0.4 is 5.32 Å². The first-order valence-electron chi connectivity index (χ1n) is 6.98. The molecule has 0 aliphatic heterocycles. The molecule has 6 heteroatoms. The van der Waals surface area contributed by atoms with Crippen molar-refractivity contribution < 1.29 is 23.8 Å². The molecule has 0 aliphatic rings. The van der Waals surface area contributed by atoms with E-state index in [1.54, 1.807) is 19.1 Å². The van der Waals surface area contributed by atoms with Gasteiger partial charge in [-0.2, -0.15) is 0 Å². The Balaban J connectivity index is 2.43. The Morgan fingerprint density at radius 3 is 2.64 bits per heavy atom. The fourth-order valence-corrected chi connectivity index (χ4v) is 2.17. The SMILES string of the molecule is CCC(C)(NC(=O)c1oc2ccccc2c1COC)C(=O)O. The van der Waals surface area contributed by atoms with Gasteiger partial charge in [0.05, 0.1) is 6.61 Å². The second kappa shape index (κ2) is 6.19. The van der Waals surface area contributed by atoms with Crippen molar-refractivity contribution in [2.24, 2.45) is 0 Å². The third-order valence-corrected chi connectivity index (χ3v) is 3.76. The van der Waals surface area contributed by atoms with Gasteiger partial charge in [-0.15, -0.1) is 0 Å². The number of rotatable bonds is 6. The Kier molecular flexibility index (Phi) is 4.51. The fourth-order valence-electron chi connectivity index (χ4n) is 2.17. The van der Waals surface area contributed by atoms with Crippen molar-refractivity contribution in [3.05, 3.63) is 35.6 Å². The first kappa shape index (κ1) is 16.0. The molecule has 1 heterocycles. The van der Waals surface area contributed by atoms with E-state index in [0.717, 1.165) is 5.39 Å². The van der Waals surface area contributed by atoms with Crippen LogP contribution in [0.15, 0.2) is 28.7 Å². The number of aliphatic carboxylic acids is 1. The van der Waals surface area contributed by atoms with E-state index < -0.39 is 17.4 Å². The summed E-state index contributed by atoms with van der Waals surface area (Å²) < 4.78 is 10.7. The molecule has 2 rings (SSSR count). The van der Waals surface area contributed by atoms with Gasteiger partial charge < -0.3 is 19.6 Å². The lowest BCUT2D eigenvalue weighted by Crippen LogP contribution is -2.51. The van der Waals surface area contributed by atoms with E-state index in [4.69, 9.17) is 9.15 Å². The van der Waals surface area contributed by atoms with E-state index in [9.17, 15) is 14.7 Å². The first-order chi connectivity index (χ1) is 10.4. The molecule has 0 aliphatic carbocycles. The van der Waals surface area contributed by atoms with E-state index in [-0.39, 0.29) is 18.8 Å². The molecule has 1 unspecified atom stereocenters. The van der Waals surface area contributed by atoms with Crippen molar-refractivity contribution in [1.29, 1.82) is 0 Å². The second-order valence-corrected chi connectivity index (χ2v) is 5.28. The number of benzene rings is 1. The lowest BCUT2D eigenvalue weighted by Gasteiger charge is -2.24. The second-order valence-electron chi connectivity index (χ2n) is 5.28. The number of nitrogens with one attached hydrogen (secondary N) is 1. The summed E-state index contributed by atoms with van der Waals surface area (Å²) in [5.41, 5.74) is -0.173. The van der Waals surface area contributed by atoms with Crippen molar-refractivity contribution in [2.75, 3.05) is 7.11 Å². The van der Waals surface area contributed by atoms with Crippen LogP contribution in [0.5, 0.6) is 0 Å². The molecule has 1 aromatic heterocycles. The third-order valence-electron chi connectivity index (χ3n) is 3.76. The van der Waals surface area contributed by atoms with Crippen LogP contribution in [0.25, 0.3) is 11.0 Å². The van der Waals surface area contributed by atoms with Crippen molar-refractivity contribution >= 4 is 22.8 Å². The molecule has 1 amide bonds. The highest BCUT2D eigenvalue weighted by Crippen LogP contribution is 2.27. The molecule has 118 valence electrons. The molecule has 6 nitrogen and oxygen atoms in total.